The van der Waals surface area contributed by atoms with Gasteiger partial charge in [-0.3, -0.25) is 0 Å². The first-order valence-corrected chi connectivity index (χ1v) is 7.04. The minimum absolute atomic E-state index is 0.181. The summed E-state index contributed by atoms with van der Waals surface area (Å²) in [6.45, 7) is 5.61. The number of aliphatic hydroxyl groups is 1. The van der Waals surface area contributed by atoms with Crippen molar-refractivity contribution in [2.45, 2.75) is 25.9 Å². The number of hydrogen-bond donors (Lipinski definition) is 2. The van der Waals surface area contributed by atoms with Crippen LogP contribution in [0, 0.1) is 5.92 Å². The topological polar surface area (TPSA) is 58.7 Å². The van der Waals surface area contributed by atoms with Gasteiger partial charge in [0.05, 0.1) is 18.4 Å². The van der Waals surface area contributed by atoms with Crippen LogP contribution in [0.25, 0.3) is 0 Å². The molecule has 0 bridgehead atoms. The Morgan fingerprint density at radius 2 is 2.21 bits per heavy atom. The zero-order valence-electron chi connectivity index (χ0n) is 11.6. The van der Waals surface area contributed by atoms with Crippen LogP contribution in [0.1, 0.15) is 19.8 Å². The zero-order valence-corrected chi connectivity index (χ0v) is 11.6. The standard InChI is InChI=1S/C15H24N2O2/c1-12-7-9-17(11-14(12)18)8-4-10-19-15-6-3-2-5-13(15)16/h2-3,5-6,12,14,18H,4,7-11,16H2,1H3. The van der Waals surface area contributed by atoms with E-state index in [9.17, 15) is 5.11 Å². The van der Waals surface area contributed by atoms with Gasteiger partial charge in [-0.1, -0.05) is 19.1 Å². The number of anilines is 1. The highest BCUT2D eigenvalue weighted by Gasteiger charge is 2.23. The third kappa shape index (κ3) is 4.11. The average molecular weight is 264 g/mol. The molecule has 0 radical (unpaired) electrons. The second kappa shape index (κ2) is 6.78. The fraction of sp³-hybridized carbons (Fsp3) is 0.600. The molecule has 2 atom stereocenters. The third-order valence-corrected chi connectivity index (χ3v) is 3.80. The predicted molar refractivity (Wildman–Crippen MR) is 77.2 cm³/mol. The molecule has 0 aromatic heterocycles. The molecule has 1 aromatic carbocycles. The van der Waals surface area contributed by atoms with E-state index in [2.05, 4.69) is 11.8 Å². The first-order valence-electron chi connectivity index (χ1n) is 7.04. The molecule has 19 heavy (non-hydrogen) atoms. The summed E-state index contributed by atoms with van der Waals surface area (Å²) in [5.41, 5.74) is 6.50. The van der Waals surface area contributed by atoms with Gasteiger partial charge in [-0.2, -0.15) is 0 Å². The molecule has 1 fully saturated rings. The van der Waals surface area contributed by atoms with Gasteiger partial charge in [-0.05, 0) is 37.4 Å². The van der Waals surface area contributed by atoms with E-state index in [-0.39, 0.29) is 6.10 Å². The lowest BCUT2D eigenvalue weighted by Gasteiger charge is -2.34. The molecular weight excluding hydrogens is 240 g/mol. The van der Waals surface area contributed by atoms with Crippen LogP contribution < -0.4 is 10.5 Å². The summed E-state index contributed by atoms with van der Waals surface area (Å²) in [4.78, 5) is 2.31. The van der Waals surface area contributed by atoms with Crippen LogP contribution in [-0.2, 0) is 0 Å². The van der Waals surface area contributed by atoms with Gasteiger partial charge >= 0.3 is 0 Å². The van der Waals surface area contributed by atoms with Gasteiger partial charge in [0.15, 0.2) is 0 Å². The molecule has 0 saturated carbocycles. The largest absolute Gasteiger partial charge is 0.491 e. The molecule has 1 heterocycles. The number of nitrogen functional groups attached to an aromatic ring is 1. The van der Waals surface area contributed by atoms with E-state index in [1.54, 1.807) is 0 Å². The van der Waals surface area contributed by atoms with E-state index >= 15 is 0 Å². The Hall–Kier alpha value is -1.26. The van der Waals surface area contributed by atoms with Crippen molar-refractivity contribution in [2.75, 3.05) is 32.0 Å². The maximum absolute atomic E-state index is 9.83. The molecule has 0 aliphatic carbocycles. The summed E-state index contributed by atoms with van der Waals surface area (Å²) in [6.07, 6.45) is 1.85. The molecule has 1 aromatic rings. The summed E-state index contributed by atoms with van der Waals surface area (Å²) in [7, 11) is 0. The molecule has 1 aliphatic heterocycles. The summed E-state index contributed by atoms with van der Waals surface area (Å²) >= 11 is 0. The van der Waals surface area contributed by atoms with Crippen molar-refractivity contribution in [3.8, 4) is 5.75 Å². The Balaban J connectivity index is 1.66. The molecule has 0 spiro atoms. The number of para-hydroxylation sites is 2. The number of likely N-dealkylation sites (tertiary alicyclic amines) is 1. The average Bonchev–Trinajstić information content (AvgIpc) is 2.40. The predicted octanol–water partition coefficient (Wildman–Crippen LogP) is 1.74. The number of ether oxygens (including phenoxy) is 1. The van der Waals surface area contributed by atoms with Crippen LogP contribution in [0.15, 0.2) is 24.3 Å². The number of nitrogens with two attached hydrogens (primary N) is 1. The lowest BCUT2D eigenvalue weighted by atomic mass is 9.96. The first-order chi connectivity index (χ1) is 9.16. The van der Waals surface area contributed by atoms with Crippen LogP contribution >= 0.6 is 0 Å². The maximum atomic E-state index is 9.83. The van der Waals surface area contributed by atoms with E-state index in [0.29, 0.717) is 18.2 Å². The van der Waals surface area contributed by atoms with Crippen LogP contribution in [0.5, 0.6) is 5.75 Å². The number of benzene rings is 1. The molecule has 106 valence electrons. The van der Waals surface area contributed by atoms with E-state index in [1.165, 1.54) is 0 Å². The Labute approximate surface area is 115 Å². The van der Waals surface area contributed by atoms with Crippen molar-refractivity contribution in [3.05, 3.63) is 24.3 Å². The Morgan fingerprint density at radius 1 is 1.42 bits per heavy atom. The van der Waals surface area contributed by atoms with Gasteiger partial charge in [-0.15, -0.1) is 0 Å². The zero-order chi connectivity index (χ0) is 13.7. The number of aliphatic hydroxyl groups excluding tert-OH is 1. The molecule has 1 aliphatic rings. The lowest BCUT2D eigenvalue weighted by molar-refractivity contribution is 0.0275. The van der Waals surface area contributed by atoms with Crippen molar-refractivity contribution >= 4 is 5.69 Å². The number of β-amino-alcohol motifs (C(OH)–C–C–N with tert-alkyl or cyclic N) is 1. The van der Waals surface area contributed by atoms with Crippen molar-refractivity contribution in [3.63, 3.8) is 0 Å². The fourth-order valence-electron chi connectivity index (χ4n) is 2.40. The molecule has 4 heteroatoms. The van der Waals surface area contributed by atoms with E-state index < -0.39 is 0 Å². The maximum Gasteiger partial charge on any atom is 0.142 e. The Kier molecular flexibility index (Phi) is 5.05. The van der Waals surface area contributed by atoms with Crippen molar-refractivity contribution < 1.29 is 9.84 Å². The van der Waals surface area contributed by atoms with Gasteiger partial charge < -0.3 is 20.5 Å². The summed E-state index contributed by atoms with van der Waals surface area (Å²) in [6, 6.07) is 7.56. The van der Waals surface area contributed by atoms with Gasteiger partial charge in [0, 0.05) is 13.1 Å². The summed E-state index contributed by atoms with van der Waals surface area (Å²) in [5.74, 6) is 1.19. The highest BCUT2D eigenvalue weighted by Crippen LogP contribution is 2.20. The third-order valence-electron chi connectivity index (χ3n) is 3.80. The molecule has 4 nitrogen and oxygen atoms in total. The minimum Gasteiger partial charge on any atom is -0.491 e. The highest BCUT2D eigenvalue weighted by molar-refractivity contribution is 5.51. The monoisotopic (exact) mass is 264 g/mol. The second-order valence-corrected chi connectivity index (χ2v) is 5.37. The number of nitrogens with zero attached hydrogens (tertiary/aromatic N) is 1. The van der Waals surface area contributed by atoms with E-state index in [0.717, 1.165) is 38.2 Å². The van der Waals surface area contributed by atoms with Crippen molar-refractivity contribution in [2.24, 2.45) is 5.92 Å². The first kappa shape index (κ1) is 14.2. The number of rotatable bonds is 5. The summed E-state index contributed by atoms with van der Waals surface area (Å²) in [5, 5.41) is 9.83. The van der Waals surface area contributed by atoms with E-state index in [4.69, 9.17) is 10.5 Å². The number of piperidine rings is 1. The highest BCUT2D eigenvalue weighted by atomic mass is 16.5. The van der Waals surface area contributed by atoms with Crippen LogP contribution in [0.3, 0.4) is 0 Å². The Morgan fingerprint density at radius 3 is 2.95 bits per heavy atom. The normalized spacial score (nSPS) is 24.3. The van der Waals surface area contributed by atoms with Gasteiger partial charge in [0.2, 0.25) is 0 Å². The minimum atomic E-state index is -0.181. The number of hydrogen-bond acceptors (Lipinski definition) is 4. The molecule has 0 amide bonds. The fourth-order valence-corrected chi connectivity index (χ4v) is 2.40. The van der Waals surface area contributed by atoms with Crippen molar-refractivity contribution in [1.82, 2.24) is 4.90 Å². The molecule has 2 unspecified atom stereocenters. The summed E-state index contributed by atoms with van der Waals surface area (Å²) < 4.78 is 5.66. The Bertz CT molecular complexity index is 397. The quantitative estimate of drug-likeness (QED) is 0.628. The van der Waals surface area contributed by atoms with Gasteiger partial charge in [0.1, 0.15) is 5.75 Å². The van der Waals surface area contributed by atoms with Crippen LogP contribution in [-0.4, -0.2) is 42.4 Å². The molecule has 3 N–H and O–H groups in total. The van der Waals surface area contributed by atoms with Gasteiger partial charge in [0.25, 0.3) is 0 Å². The van der Waals surface area contributed by atoms with Crippen molar-refractivity contribution in [1.29, 1.82) is 0 Å². The van der Waals surface area contributed by atoms with Crippen LogP contribution in [0.4, 0.5) is 5.69 Å². The molecule has 1 saturated heterocycles. The lowest BCUT2D eigenvalue weighted by Crippen LogP contribution is -2.43. The SMILES string of the molecule is CC1CCN(CCCOc2ccccc2N)CC1O. The smallest absolute Gasteiger partial charge is 0.142 e. The molecule has 2 rings (SSSR count). The molecular formula is C15H24N2O2. The second-order valence-electron chi connectivity index (χ2n) is 5.37. The van der Waals surface area contributed by atoms with Crippen LogP contribution in [0.2, 0.25) is 0 Å². The van der Waals surface area contributed by atoms with Gasteiger partial charge in [-0.25, -0.2) is 0 Å². The van der Waals surface area contributed by atoms with E-state index in [1.807, 2.05) is 24.3 Å².